The first kappa shape index (κ1) is 11.4. The molecule has 1 aliphatic rings. The molecule has 1 atom stereocenters. The van der Waals surface area contributed by atoms with Gasteiger partial charge in [-0.3, -0.25) is 0 Å². The molecule has 0 spiro atoms. The summed E-state index contributed by atoms with van der Waals surface area (Å²) in [5.41, 5.74) is 0.851. The van der Waals surface area contributed by atoms with Gasteiger partial charge < -0.3 is 15.2 Å². The average molecular weight is 337 g/mol. The van der Waals surface area contributed by atoms with Crippen LogP contribution in [0.3, 0.4) is 0 Å². The van der Waals surface area contributed by atoms with Gasteiger partial charge in [-0.25, -0.2) is 0 Å². The van der Waals surface area contributed by atoms with E-state index in [1.807, 2.05) is 12.1 Å². The average Bonchev–Trinajstić information content (AvgIpc) is 2.26. The minimum absolute atomic E-state index is 0.0469. The maximum Gasteiger partial charge on any atom is 0.135 e. The van der Waals surface area contributed by atoms with E-state index in [9.17, 15) is 5.11 Å². The first-order valence-electron chi connectivity index (χ1n) is 4.68. The first-order chi connectivity index (χ1) is 7.20. The minimum Gasteiger partial charge on any atom is -0.506 e. The highest BCUT2D eigenvalue weighted by molar-refractivity contribution is 9.11. The molecule has 15 heavy (non-hydrogen) atoms. The smallest absolute Gasteiger partial charge is 0.135 e. The zero-order chi connectivity index (χ0) is 10.8. The van der Waals surface area contributed by atoms with Crippen LogP contribution in [0.4, 0.5) is 0 Å². The number of phenols is 1. The van der Waals surface area contributed by atoms with Crippen molar-refractivity contribution in [3.05, 3.63) is 26.6 Å². The molecule has 0 saturated carbocycles. The quantitative estimate of drug-likeness (QED) is 0.828. The van der Waals surface area contributed by atoms with Gasteiger partial charge in [0.25, 0.3) is 0 Å². The molecule has 0 radical (unpaired) electrons. The van der Waals surface area contributed by atoms with Gasteiger partial charge in [-0.1, -0.05) is 15.9 Å². The molecule has 1 heterocycles. The number of rotatable bonds is 1. The Labute approximate surface area is 105 Å². The van der Waals surface area contributed by atoms with Gasteiger partial charge in [-0.2, -0.15) is 0 Å². The molecule has 1 aliphatic heterocycles. The van der Waals surface area contributed by atoms with Gasteiger partial charge in [-0.05, 0) is 28.1 Å². The van der Waals surface area contributed by atoms with Crippen LogP contribution in [0.5, 0.6) is 5.75 Å². The Hall–Kier alpha value is -0.100. The highest BCUT2D eigenvalue weighted by Crippen LogP contribution is 2.37. The van der Waals surface area contributed by atoms with Gasteiger partial charge in [-0.15, -0.1) is 0 Å². The van der Waals surface area contributed by atoms with Crippen LogP contribution in [0.15, 0.2) is 21.1 Å². The number of benzene rings is 1. The molecule has 2 N–H and O–H groups in total. The van der Waals surface area contributed by atoms with Gasteiger partial charge >= 0.3 is 0 Å². The molecule has 1 saturated heterocycles. The van der Waals surface area contributed by atoms with E-state index in [1.54, 1.807) is 0 Å². The summed E-state index contributed by atoms with van der Waals surface area (Å²) in [7, 11) is 0. The summed E-state index contributed by atoms with van der Waals surface area (Å²) < 4.78 is 6.97. The summed E-state index contributed by atoms with van der Waals surface area (Å²) in [6, 6.07) is 3.77. The monoisotopic (exact) mass is 335 g/mol. The van der Waals surface area contributed by atoms with Crippen molar-refractivity contribution in [3.63, 3.8) is 0 Å². The van der Waals surface area contributed by atoms with Gasteiger partial charge in [0, 0.05) is 16.6 Å². The molecule has 1 aromatic carbocycles. The normalized spacial score (nSPS) is 21.6. The van der Waals surface area contributed by atoms with Crippen molar-refractivity contribution in [1.29, 1.82) is 0 Å². The topological polar surface area (TPSA) is 41.5 Å². The summed E-state index contributed by atoms with van der Waals surface area (Å²) in [5.74, 6) is 0.271. The Morgan fingerprint density at radius 3 is 2.73 bits per heavy atom. The lowest BCUT2D eigenvalue weighted by Gasteiger charge is -2.25. The van der Waals surface area contributed by atoms with E-state index in [-0.39, 0.29) is 11.8 Å². The molecule has 0 amide bonds. The molecule has 5 heteroatoms. The van der Waals surface area contributed by atoms with E-state index in [4.69, 9.17) is 4.74 Å². The predicted octanol–water partition coefficient (Wildman–Crippen LogP) is 2.58. The van der Waals surface area contributed by atoms with Crippen molar-refractivity contribution in [1.82, 2.24) is 5.32 Å². The number of ether oxygens (including phenoxy) is 1. The largest absolute Gasteiger partial charge is 0.506 e. The molecule has 3 nitrogen and oxygen atoms in total. The highest BCUT2D eigenvalue weighted by Gasteiger charge is 2.22. The van der Waals surface area contributed by atoms with Gasteiger partial charge in [0.1, 0.15) is 5.75 Å². The minimum atomic E-state index is 0.0469. The van der Waals surface area contributed by atoms with Crippen LogP contribution >= 0.6 is 31.9 Å². The summed E-state index contributed by atoms with van der Waals surface area (Å²) in [6.07, 6.45) is 0. The zero-order valence-electron chi connectivity index (χ0n) is 7.96. The summed E-state index contributed by atoms with van der Waals surface area (Å²) in [4.78, 5) is 0. The fraction of sp³-hybridized carbons (Fsp3) is 0.400. The summed E-state index contributed by atoms with van der Waals surface area (Å²) in [5, 5.41) is 13.3. The fourth-order valence-electron chi connectivity index (χ4n) is 1.64. The second-order valence-electron chi connectivity index (χ2n) is 3.37. The van der Waals surface area contributed by atoms with Crippen molar-refractivity contribution < 1.29 is 9.84 Å². The van der Waals surface area contributed by atoms with E-state index in [0.717, 1.165) is 23.2 Å². The van der Waals surface area contributed by atoms with Crippen LogP contribution in [-0.4, -0.2) is 24.9 Å². The van der Waals surface area contributed by atoms with E-state index in [1.165, 1.54) is 0 Å². The van der Waals surface area contributed by atoms with Crippen LogP contribution in [0.1, 0.15) is 11.6 Å². The molecule has 1 fully saturated rings. The standard InChI is InChI=1S/C10H11Br2NO2/c11-6-1-2-7(12)10(14)9(6)8-5-15-4-3-13-8/h1-2,8,13-14H,3-5H2/t8-/m1/s1. The number of halogens is 2. The molecule has 2 rings (SSSR count). The number of morpholine rings is 1. The van der Waals surface area contributed by atoms with E-state index < -0.39 is 0 Å². The predicted molar refractivity (Wildman–Crippen MR) is 65.1 cm³/mol. The van der Waals surface area contributed by atoms with Gasteiger partial charge in [0.2, 0.25) is 0 Å². The second kappa shape index (κ2) is 4.82. The van der Waals surface area contributed by atoms with Crippen molar-refractivity contribution in [2.45, 2.75) is 6.04 Å². The number of hydrogen-bond donors (Lipinski definition) is 2. The van der Waals surface area contributed by atoms with E-state index >= 15 is 0 Å². The van der Waals surface area contributed by atoms with E-state index in [0.29, 0.717) is 11.1 Å². The fourth-order valence-corrected chi connectivity index (χ4v) is 2.58. The molecule has 0 aromatic heterocycles. The zero-order valence-corrected chi connectivity index (χ0v) is 11.1. The number of hydrogen-bond acceptors (Lipinski definition) is 3. The lowest BCUT2D eigenvalue weighted by atomic mass is 10.1. The van der Waals surface area contributed by atoms with Crippen molar-refractivity contribution in [2.75, 3.05) is 19.8 Å². The van der Waals surface area contributed by atoms with E-state index in [2.05, 4.69) is 37.2 Å². The Kier molecular flexibility index (Phi) is 3.66. The number of nitrogens with one attached hydrogen (secondary N) is 1. The second-order valence-corrected chi connectivity index (χ2v) is 5.08. The van der Waals surface area contributed by atoms with Crippen LogP contribution in [0, 0.1) is 0 Å². The maximum atomic E-state index is 9.96. The molecule has 82 valence electrons. The Morgan fingerprint density at radius 2 is 2.07 bits per heavy atom. The number of aromatic hydroxyl groups is 1. The maximum absolute atomic E-state index is 9.96. The highest BCUT2D eigenvalue weighted by atomic mass is 79.9. The molecular formula is C10H11Br2NO2. The lowest BCUT2D eigenvalue weighted by molar-refractivity contribution is 0.0758. The third-order valence-corrected chi connectivity index (χ3v) is 3.72. The Morgan fingerprint density at radius 1 is 1.33 bits per heavy atom. The molecule has 0 aliphatic carbocycles. The third kappa shape index (κ3) is 2.36. The first-order valence-corrected chi connectivity index (χ1v) is 6.26. The number of phenolic OH excluding ortho intramolecular Hbond substituents is 1. The Balaban J connectivity index is 2.36. The third-order valence-electron chi connectivity index (χ3n) is 2.38. The SMILES string of the molecule is Oc1c(Br)ccc(Br)c1[C@H]1COCCN1. The van der Waals surface area contributed by atoms with Crippen LogP contribution in [0.25, 0.3) is 0 Å². The molecule has 1 aromatic rings. The molecular weight excluding hydrogens is 326 g/mol. The Bertz CT molecular complexity index is 365. The lowest BCUT2D eigenvalue weighted by Crippen LogP contribution is -2.34. The van der Waals surface area contributed by atoms with Gasteiger partial charge in [0.15, 0.2) is 0 Å². The van der Waals surface area contributed by atoms with Crippen molar-refractivity contribution in [2.24, 2.45) is 0 Å². The van der Waals surface area contributed by atoms with Crippen molar-refractivity contribution in [3.8, 4) is 5.75 Å². The van der Waals surface area contributed by atoms with Crippen LogP contribution < -0.4 is 5.32 Å². The summed E-state index contributed by atoms with van der Waals surface area (Å²) in [6.45, 7) is 2.12. The summed E-state index contributed by atoms with van der Waals surface area (Å²) >= 11 is 6.75. The van der Waals surface area contributed by atoms with Crippen LogP contribution in [0.2, 0.25) is 0 Å². The molecule has 0 unspecified atom stereocenters. The molecule has 0 bridgehead atoms. The van der Waals surface area contributed by atoms with Crippen LogP contribution in [-0.2, 0) is 4.74 Å². The van der Waals surface area contributed by atoms with Crippen molar-refractivity contribution >= 4 is 31.9 Å². The van der Waals surface area contributed by atoms with Gasteiger partial charge in [0.05, 0.1) is 23.7 Å².